The minimum Gasteiger partial charge on any atom is -0.493 e. The zero-order chi connectivity index (χ0) is 14.7. The molecule has 1 aromatic rings. The van der Waals surface area contributed by atoms with Crippen LogP contribution in [0.25, 0.3) is 0 Å². The quantitative estimate of drug-likeness (QED) is 0.879. The van der Waals surface area contributed by atoms with Gasteiger partial charge in [0, 0.05) is 35.6 Å². The average Bonchev–Trinajstić information content (AvgIpc) is 2.96. The molecule has 4 heteroatoms. The molecule has 2 aliphatic rings. The molecular formula is C17H25BrN2O. The van der Waals surface area contributed by atoms with Crippen LogP contribution in [0.5, 0.6) is 5.75 Å². The van der Waals surface area contributed by atoms with E-state index in [4.69, 9.17) is 4.74 Å². The average molecular weight is 353 g/mol. The number of nitrogens with zero attached hydrogens (tertiary/aromatic N) is 1. The second-order valence-electron chi connectivity index (χ2n) is 6.13. The van der Waals surface area contributed by atoms with Gasteiger partial charge in [0.2, 0.25) is 0 Å². The van der Waals surface area contributed by atoms with E-state index in [9.17, 15) is 0 Å². The van der Waals surface area contributed by atoms with E-state index in [0.717, 1.165) is 38.4 Å². The Hall–Kier alpha value is -0.580. The molecule has 1 N–H and O–H groups in total. The van der Waals surface area contributed by atoms with Crippen LogP contribution in [-0.2, 0) is 13.0 Å². The molecule has 0 aliphatic carbocycles. The van der Waals surface area contributed by atoms with Crippen LogP contribution in [0, 0.1) is 0 Å². The topological polar surface area (TPSA) is 24.5 Å². The van der Waals surface area contributed by atoms with Crippen molar-refractivity contribution in [1.29, 1.82) is 0 Å². The summed E-state index contributed by atoms with van der Waals surface area (Å²) in [6, 6.07) is 5.08. The molecule has 0 amide bonds. The molecule has 116 valence electrons. The largest absolute Gasteiger partial charge is 0.493 e. The molecule has 3 rings (SSSR count). The van der Waals surface area contributed by atoms with Gasteiger partial charge in [0.05, 0.1) is 6.61 Å². The van der Waals surface area contributed by atoms with Crippen molar-refractivity contribution in [2.75, 3.05) is 26.2 Å². The summed E-state index contributed by atoms with van der Waals surface area (Å²) < 4.78 is 7.03. The summed E-state index contributed by atoms with van der Waals surface area (Å²) in [6.45, 7) is 7.46. The van der Waals surface area contributed by atoms with Gasteiger partial charge in [-0.15, -0.1) is 0 Å². The monoisotopic (exact) mass is 352 g/mol. The lowest BCUT2D eigenvalue weighted by Gasteiger charge is -2.30. The van der Waals surface area contributed by atoms with Gasteiger partial charge in [0.1, 0.15) is 5.75 Å². The second-order valence-corrected chi connectivity index (χ2v) is 7.04. The van der Waals surface area contributed by atoms with Crippen molar-refractivity contribution in [3.05, 3.63) is 27.7 Å². The fourth-order valence-electron chi connectivity index (χ4n) is 3.40. The van der Waals surface area contributed by atoms with Crippen molar-refractivity contribution in [3.63, 3.8) is 0 Å². The third kappa shape index (κ3) is 3.79. The Kier molecular flexibility index (Phi) is 5.19. The standard InChI is InChI=1S/C17H25BrN2O/c1-2-20(12-16-5-3-4-7-19-16)11-14-10-15(18)9-13-6-8-21-17(13)14/h9-10,16,19H,2-8,11-12H2,1H3. The second kappa shape index (κ2) is 7.12. The van der Waals surface area contributed by atoms with Gasteiger partial charge in [0.25, 0.3) is 0 Å². The Morgan fingerprint density at radius 3 is 3.05 bits per heavy atom. The normalized spacial score (nSPS) is 21.4. The van der Waals surface area contributed by atoms with Crippen LogP contribution in [0.3, 0.4) is 0 Å². The van der Waals surface area contributed by atoms with Gasteiger partial charge in [-0.2, -0.15) is 0 Å². The molecule has 2 heterocycles. The first-order valence-corrected chi connectivity index (χ1v) is 8.95. The van der Waals surface area contributed by atoms with Gasteiger partial charge in [-0.25, -0.2) is 0 Å². The van der Waals surface area contributed by atoms with Crippen molar-refractivity contribution in [2.24, 2.45) is 0 Å². The number of nitrogens with one attached hydrogen (secondary N) is 1. The van der Waals surface area contributed by atoms with Crippen LogP contribution in [0.4, 0.5) is 0 Å². The molecule has 1 aromatic carbocycles. The Morgan fingerprint density at radius 2 is 2.29 bits per heavy atom. The molecule has 2 aliphatic heterocycles. The lowest BCUT2D eigenvalue weighted by atomic mass is 10.0. The predicted octanol–water partition coefficient (Wildman–Crippen LogP) is 3.35. The van der Waals surface area contributed by atoms with Crippen molar-refractivity contribution in [3.8, 4) is 5.75 Å². The first-order valence-electron chi connectivity index (χ1n) is 8.16. The van der Waals surface area contributed by atoms with Gasteiger partial charge in [-0.3, -0.25) is 4.90 Å². The maximum Gasteiger partial charge on any atom is 0.127 e. The van der Waals surface area contributed by atoms with E-state index >= 15 is 0 Å². The van der Waals surface area contributed by atoms with Crippen LogP contribution in [0.15, 0.2) is 16.6 Å². The Morgan fingerprint density at radius 1 is 1.38 bits per heavy atom. The number of ether oxygens (including phenoxy) is 1. The zero-order valence-electron chi connectivity index (χ0n) is 12.8. The SMILES string of the molecule is CCN(Cc1cc(Br)cc2c1OCC2)CC1CCCCN1. The van der Waals surface area contributed by atoms with Crippen molar-refractivity contribution in [2.45, 2.75) is 45.2 Å². The van der Waals surface area contributed by atoms with Gasteiger partial charge in [-0.1, -0.05) is 29.3 Å². The maximum absolute atomic E-state index is 5.86. The first-order chi connectivity index (χ1) is 10.3. The fourth-order valence-corrected chi connectivity index (χ4v) is 3.95. The molecule has 3 nitrogen and oxygen atoms in total. The number of hydrogen-bond donors (Lipinski definition) is 1. The van der Waals surface area contributed by atoms with E-state index < -0.39 is 0 Å². The third-order valence-electron chi connectivity index (χ3n) is 4.56. The van der Waals surface area contributed by atoms with Gasteiger partial charge >= 0.3 is 0 Å². The maximum atomic E-state index is 5.86. The Bertz CT molecular complexity index is 486. The molecule has 1 atom stereocenters. The molecule has 1 unspecified atom stereocenters. The lowest BCUT2D eigenvalue weighted by molar-refractivity contribution is 0.223. The summed E-state index contributed by atoms with van der Waals surface area (Å²) in [5.74, 6) is 1.13. The predicted molar refractivity (Wildman–Crippen MR) is 89.9 cm³/mol. The highest BCUT2D eigenvalue weighted by molar-refractivity contribution is 9.10. The molecule has 0 radical (unpaired) electrons. The molecule has 0 bridgehead atoms. The highest BCUT2D eigenvalue weighted by Crippen LogP contribution is 2.33. The van der Waals surface area contributed by atoms with Gasteiger partial charge < -0.3 is 10.1 Å². The van der Waals surface area contributed by atoms with Crippen LogP contribution in [-0.4, -0.2) is 37.2 Å². The molecule has 0 saturated carbocycles. The van der Waals surface area contributed by atoms with Crippen molar-refractivity contribution in [1.82, 2.24) is 10.2 Å². The van der Waals surface area contributed by atoms with Crippen molar-refractivity contribution >= 4 is 15.9 Å². The molecule has 0 spiro atoms. The number of hydrogen-bond acceptors (Lipinski definition) is 3. The third-order valence-corrected chi connectivity index (χ3v) is 5.02. The van der Waals surface area contributed by atoms with Gasteiger partial charge in [0.15, 0.2) is 0 Å². The first kappa shape index (κ1) is 15.3. The van der Waals surface area contributed by atoms with E-state index in [1.54, 1.807) is 0 Å². The number of benzene rings is 1. The van der Waals surface area contributed by atoms with E-state index in [1.807, 2.05) is 0 Å². The van der Waals surface area contributed by atoms with E-state index in [1.165, 1.54) is 41.4 Å². The van der Waals surface area contributed by atoms with Gasteiger partial charge in [-0.05, 0) is 43.6 Å². The number of halogens is 1. The minimum absolute atomic E-state index is 0.653. The van der Waals surface area contributed by atoms with E-state index in [0.29, 0.717) is 6.04 Å². The molecule has 0 aromatic heterocycles. The molecular weight excluding hydrogens is 328 g/mol. The van der Waals surface area contributed by atoms with Crippen LogP contribution in [0.1, 0.15) is 37.3 Å². The number of likely N-dealkylation sites (N-methyl/N-ethyl adjacent to an activating group) is 1. The summed E-state index contributed by atoms with van der Waals surface area (Å²) in [5.41, 5.74) is 2.68. The number of rotatable bonds is 5. The Labute approximate surface area is 136 Å². The van der Waals surface area contributed by atoms with Crippen LogP contribution in [0.2, 0.25) is 0 Å². The highest BCUT2D eigenvalue weighted by Gasteiger charge is 2.21. The molecule has 21 heavy (non-hydrogen) atoms. The van der Waals surface area contributed by atoms with Crippen LogP contribution < -0.4 is 10.1 Å². The number of piperidine rings is 1. The van der Waals surface area contributed by atoms with E-state index in [2.05, 4.69) is 45.2 Å². The Balaban J connectivity index is 1.69. The van der Waals surface area contributed by atoms with Crippen LogP contribution >= 0.6 is 15.9 Å². The van der Waals surface area contributed by atoms with Crippen molar-refractivity contribution < 1.29 is 4.74 Å². The summed E-state index contributed by atoms with van der Waals surface area (Å²) in [6.07, 6.45) is 5.04. The highest BCUT2D eigenvalue weighted by atomic mass is 79.9. The summed E-state index contributed by atoms with van der Waals surface area (Å²) in [4.78, 5) is 2.53. The van der Waals surface area contributed by atoms with E-state index in [-0.39, 0.29) is 0 Å². The smallest absolute Gasteiger partial charge is 0.127 e. The fraction of sp³-hybridized carbons (Fsp3) is 0.647. The summed E-state index contributed by atoms with van der Waals surface area (Å²) >= 11 is 3.64. The molecule has 1 saturated heterocycles. The molecule has 1 fully saturated rings. The summed E-state index contributed by atoms with van der Waals surface area (Å²) in [7, 11) is 0. The lowest BCUT2D eigenvalue weighted by Crippen LogP contribution is -2.43. The summed E-state index contributed by atoms with van der Waals surface area (Å²) in [5, 5.41) is 3.65. The minimum atomic E-state index is 0.653. The number of fused-ring (bicyclic) bond motifs is 1. The zero-order valence-corrected chi connectivity index (χ0v) is 14.4.